The van der Waals surface area contributed by atoms with Crippen molar-refractivity contribution in [1.82, 2.24) is 4.90 Å². The van der Waals surface area contributed by atoms with Crippen molar-refractivity contribution in [3.05, 3.63) is 96.1 Å². The average molecular weight is 451 g/mol. The molecular weight excluding hydrogens is 424 g/mol. The van der Waals surface area contributed by atoms with Crippen LogP contribution in [-0.4, -0.2) is 45.0 Å². The maximum atomic E-state index is 13.7. The quantitative estimate of drug-likeness (QED) is 0.571. The van der Waals surface area contributed by atoms with Crippen LogP contribution in [0.15, 0.2) is 89.8 Å². The van der Waals surface area contributed by atoms with Gasteiger partial charge in [0.1, 0.15) is 0 Å². The fraction of sp³-hybridized carbons (Fsp3) is 0.240. The van der Waals surface area contributed by atoms with E-state index in [1.807, 2.05) is 55.5 Å². The molecule has 1 heterocycles. The van der Waals surface area contributed by atoms with Crippen LogP contribution in [0.1, 0.15) is 22.8 Å². The first-order valence-electron chi connectivity index (χ1n) is 10.6. The Balaban J connectivity index is 1.68. The minimum atomic E-state index is -3.91. The van der Waals surface area contributed by atoms with E-state index in [9.17, 15) is 13.2 Å². The van der Waals surface area contributed by atoms with Gasteiger partial charge in [-0.05, 0) is 42.8 Å². The summed E-state index contributed by atoms with van der Waals surface area (Å²) in [5, 5.41) is 0. The van der Waals surface area contributed by atoms with Crippen LogP contribution in [0.25, 0.3) is 0 Å². The average Bonchev–Trinajstić information content (AvgIpc) is 2.83. The molecule has 0 saturated carbocycles. The molecule has 6 nitrogen and oxygen atoms in total. The summed E-state index contributed by atoms with van der Waals surface area (Å²) in [5.41, 5.74) is 1.79. The number of carbonyl (C=O) groups is 1. The Labute approximate surface area is 189 Å². The van der Waals surface area contributed by atoms with Crippen LogP contribution in [0.4, 0.5) is 5.69 Å². The third-order valence-electron chi connectivity index (χ3n) is 5.41. The molecule has 32 heavy (non-hydrogen) atoms. The zero-order chi connectivity index (χ0) is 22.6. The SMILES string of the molecule is CC1CN(C(=O)c2cccc(S(=O)(=O)N(Cc3ccccc3)c3ccccc3)c2)CCO1. The standard InChI is InChI=1S/C25H26N2O4S/c1-20-18-26(15-16-31-20)25(28)22-11-8-14-24(17-22)32(29,30)27(23-12-6-3-7-13-23)19-21-9-4-2-5-10-21/h2-14,17,20H,15-16,18-19H2,1H3. The topological polar surface area (TPSA) is 66.9 Å². The van der Waals surface area contributed by atoms with Crippen LogP contribution in [-0.2, 0) is 21.3 Å². The first kappa shape index (κ1) is 22.0. The van der Waals surface area contributed by atoms with Gasteiger partial charge in [0.25, 0.3) is 15.9 Å². The molecule has 1 atom stereocenters. The molecule has 3 aromatic carbocycles. The second-order valence-corrected chi connectivity index (χ2v) is 9.66. The molecule has 1 saturated heterocycles. The molecule has 1 amide bonds. The second-order valence-electron chi connectivity index (χ2n) is 7.79. The van der Waals surface area contributed by atoms with Gasteiger partial charge in [-0.15, -0.1) is 0 Å². The van der Waals surface area contributed by atoms with E-state index in [-0.39, 0.29) is 23.5 Å². The van der Waals surface area contributed by atoms with Gasteiger partial charge in [0.05, 0.1) is 29.8 Å². The highest BCUT2D eigenvalue weighted by Crippen LogP contribution is 2.26. The third kappa shape index (κ3) is 4.84. The summed E-state index contributed by atoms with van der Waals surface area (Å²) in [6.07, 6.45) is -0.0425. The molecule has 1 fully saturated rings. The van der Waals surface area contributed by atoms with Gasteiger partial charge >= 0.3 is 0 Å². The maximum Gasteiger partial charge on any atom is 0.264 e. The number of sulfonamides is 1. The van der Waals surface area contributed by atoms with Crippen molar-refractivity contribution in [1.29, 1.82) is 0 Å². The Morgan fingerprint density at radius 1 is 1.00 bits per heavy atom. The molecule has 7 heteroatoms. The lowest BCUT2D eigenvalue weighted by molar-refractivity contribution is -0.0124. The number of benzene rings is 3. The molecular formula is C25H26N2O4S. The molecule has 0 bridgehead atoms. The molecule has 3 aromatic rings. The van der Waals surface area contributed by atoms with E-state index >= 15 is 0 Å². The van der Waals surface area contributed by atoms with Crippen LogP contribution in [0.2, 0.25) is 0 Å². The van der Waals surface area contributed by atoms with E-state index in [1.54, 1.807) is 29.2 Å². The number of hydrogen-bond donors (Lipinski definition) is 0. The third-order valence-corrected chi connectivity index (χ3v) is 7.18. The summed E-state index contributed by atoms with van der Waals surface area (Å²) >= 11 is 0. The lowest BCUT2D eigenvalue weighted by Crippen LogP contribution is -2.44. The number of rotatable bonds is 6. The van der Waals surface area contributed by atoms with Gasteiger partial charge in [0.2, 0.25) is 0 Å². The van der Waals surface area contributed by atoms with Gasteiger partial charge in [-0.2, -0.15) is 0 Å². The van der Waals surface area contributed by atoms with Crippen molar-refractivity contribution in [3.63, 3.8) is 0 Å². The van der Waals surface area contributed by atoms with E-state index in [2.05, 4.69) is 0 Å². The summed E-state index contributed by atoms with van der Waals surface area (Å²) in [7, 11) is -3.91. The molecule has 0 N–H and O–H groups in total. The van der Waals surface area contributed by atoms with Crippen molar-refractivity contribution in [2.75, 3.05) is 24.0 Å². The monoisotopic (exact) mass is 450 g/mol. The number of para-hydroxylation sites is 1. The number of morpholine rings is 1. The Kier molecular flexibility index (Phi) is 6.58. The van der Waals surface area contributed by atoms with E-state index in [1.165, 1.54) is 16.4 Å². The minimum absolute atomic E-state index is 0.0425. The molecule has 0 radical (unpaired) electrons. The van der Waals surface area contributed by atoms with E-state index < -0.39 is 10.0 Å². The fourth-order valence-corrected chi connectivity index (χ4v) is 5.26. The van der Waals surface area contributed by atoms with Gasteiger partial charge in [-0.1, -0.05) is 54.6 Å². The summed E-state index contributed by atoms with van der Waals surface area (Å²) in [5.74, 6) is -0.188. The zero-order valence-corrected chi connectivity index (χ0v) is 18.7. The number of anilines is 1. The van der Waals surface area contributed by atoms with Gasteiger partial charge in [0.15, 0.2) is 0 Å². The van der Waals surface area contributed by atoms with Crippen LogP contribution in [0, 0.1) is 0 Å². The molecule has 1 aliphatic heterocycles. The molecule has 0 spiro atoms. The Morgan fingerprint density at radius 2 is 1.69 bits per heavy atom. The molecule has 0 aliphatic carbocycles. The molecule has 166 valence electrons. The number of ether oxygens (including phenoxy) is 1. The molecule has 1 unspecified atom stereocenters. The number of amides is 1. The van der Waals surface area contributed by atoms with E-state index in [0.717, 1.165) is 5.56 Å². The van der Waals surface area contributed by atoms with Crippen molar-refractivity contribution in [2.24, 2.45) is 0 Å². The van der Waals surface area contributed by atoms with Gasteiger partial charge in [-0.3, -0.25) is 9.10 Å². The maximum absolute atomic E-state index is 13.7. The fourth-order valence-electron chi connectivity index (χ4n) is 3.76. The van der Waals surface area contributed by atoms with Crippen LogP contribution in [0.3, 0.4) is 0 Å². The second kappa shape index (κ2) is 9.54. The first-order chi connectivity index (χ1) is 15.4. The van der Waals surface area contributed by atoms with Gasteiger partial charge < -0.3 is 9.64 Å². The van der Waals surface area contributed by atoms with Gasteiger partial charge in [0, 0.05) is 18.7 Å². The summed E-state index contributed by atoms with van der Waals surface area (Å²) in [4.78, 5) is 14.8. The largest absolute Gasteiger partial charge is 0.375 e. The van der Waals surface area contributed by atoms with E-state index in [0.29, 0.717) is 30.9 Å². The predicted octanol–water partition coefficient (Wildman–Crippen LogP) is 3.94. The Bertz CT molecular complexity index is 1170. The lowest BCUT2D eigenvalue weighted by Gasteiger charge is -2.31. The highest BCUT2D eigenvalue weighted by molar-refractivity contribution is 7.92. The van der Waals surface area contributed by atoms with Crippen molar-refractivity contribution in [3.8, 4) is 0 Å². The lowest BCUT2D eigenvalue weighted by atomic mass is 10.2. The number of carbonyl (C=O) groups excluding carboxylic acids is 1. The molecule has 1 aliphatic rings. The van der Waals surface area contributed by atoms with Crippen molar-refractivity contribution in [2.45, 2.75) is 24.5 Å². The first-order valence-corrected chi connectivity index (χ1v) is 12.0. The Hall–Kier alpha value is -3.16. The van der Waals surface area contributed by atoms with Gasteiger partial charge in [-0.25, -0.2) is 8.42 Å². The predicted molar refractivity (Wildman–Crippen MR) is 124 cm³/mol. The number of nitrogens with zero attached hydrogens (tertiary/aromatic N) is 2. The van der Waals surface area contributed by atoms with Crippen LogP contribution in [0.5, 0.6) is 0 Å². The van der Waals surface area contributed by atoms with Crippen molar-refractivity contribution >= 4 is 21.6 Å². The van der Waals surface area contributed by atoms with Crippen LogP contribution >= 0.6 is 0 Å². The van der Waals surface area contributed by atoms with E-state index in [4.69, 9.17) is 4.74 Å². The van der Waals surface area contributed by atoms with Crippen molar-refractivity contribution < 1.29 is 17.9 Å². The molecule has 4 rings (SSSR count). The summed E-state index contributed by atoms with van der Waals surface area (Å²) in [6.45, 7) is 3.56. The highest BCUT2D eigenvalue weighted by atomic mass is 32.2. The highest BCUT2D eigenvalue weighted by Gasteiger charge is 2.28. The summed E-state index contributed by atoms with van der Waals surface area (Å²) < 4.78 is 34.3. The van der Waals surface area contributed by atoms with Crippen LogP contribution < -0.4 is 4.31 Å². The molecule has 0 aromatic heterocycles. The number of hydrogen-bond acceptors (Lipinski definition) is 4. The smallest absolute Gasteiger partial charge is 0.264 e. The Morgan fingerprint density at radius 3 is 2.38 bits per heavy atom. The minimum Gasteiger partial charge on any atom is -0.375 e. The normalized spacial score (nSPS) is 16.5. The summed E-state index contributed by atoms with van der Waals surface area (Å²) in [6, 6.07) is 24.7. The zero-order valence-electron chi connectivity index (χ0n) is 17.9.